The third-order valence-corrected chi connectivity index (χ3v) is 4.62. The molecule has 9 nitrogen and oxygen atoms in total. The number of hydrogen-bond acceptors (Lipinski definition) is 8. The molecule has 144 valence electrons. The largest absolute Gasteiger partial charge is 0.378 e. The van der Waals surface area contributed by atoms with Crippen LogP contribution in [0.3, 0.4) is 0 Å². The van der Waals surface area contributed by atoms with Crippen molar-refractivity contribution in [3.8, 4) is 0 Å². The standard InChI is InChI=1S/C18H24N6O3/c1-12-21-16(11-17(22-12)24-6-8-26-9-7-24)19-4-5-20-18(25)14-10-15(27-23-14)13-2-3-13/h10-11,13H,2-9H2,1H3,(H,20,25)(H,19,21,22). The second-order valence-corrected chi connectivity index (χ2v) is 6.83. The number of anilines is 2. The van der Waals surface area contributed by atoms with Crippen LogP contribution < -0.4 is 15.5 Å². The van der Waals surface area contributed by atoms with Crippen molar-refractivity contribution in [2.45, 2.75) is 25.7 Å². The summed E-state index contributed by atoms with van der Waals surface area (Å²) in [5.74, 6) is 3.39. The van der Waals surface area contributed by atoms with Crippen LogP contribution in [-0.2, 0) is 4.74 Å². The number of hydrogen-bond donors (Lipinski definition) is 2. The van der Waals surface area contributed by atoms with Crippen molar-refractivity contribution in [3.63, 3.8) is 0 Å². The predicted octanol–water partition coefficient (Wildman–Crippen LogP) is 1.33. The summed E-state index contributed by atoms with van der Waals surface area (Å²) in [5.41, 5.74) is 0.337. The van der Waals surface area contributed by atoms with Crippen LogP contribution >= 0.6 is 0 Å². The van der Waals surface area contributed by atoms with Crippen LogP contribution in [0.5, 0.6) is 0 Å². The van der Waals surface area contributed by atoms with E-state index in [1.807, 2.05) is 13.0 Å². The quantitative estimate of drug-likeness (QED) is 0.701. The molecule has 2 aromatic rings. The Morgan fingerprint density at radius 3 is 2.81 bits per heavy atom. The Labute approximate surface area is 157 Å². The molecule has 1 aliphatic carbocycles. The van der Waals surface area contributed by atoms with Gasteiger partial charge < -0.3 is 24.8 Å². The van der Waals surface area contributed by atoms with Crippen molar-refractivity contribution in [3.05, 3.63) is 29.4 Å². The van der Waals surface area contributed by atoms with Gasteiger partial charge in [-0.05, 0) is 19.8 Å². The van der Waals surface area contributed by atoms with Crippen LogP contribution in [0, 0.1) is 6.92 Å². The third kappa shape index (κ3) is 4.54. The first-order chi connectivity index (χ1) is 13.2. The smallest absolute Gasteiger partial charge is 0.273 e. The zero-order valence-corrected chi connectivity index (χ0v) is 15.4. The van der Waals surface area contributed by atoms with Gasteiger partial charge in [0.2, 0.25) is 0 Å². The maximum atomic E-state index is 12.1. The molecule has 1 aliphatic heterocycles. The zero-order chi connectivity index (χ0) is 18.6. The highest BCUT2D eigenvalue weighted by atomic mass is 16.5. The number of carbonyl (C=O) groups excluding carboxylic acids is 1. The summed E-state index contributed by atoms with van der Waals surface area (Å²) in [7, 11) is 0. The lowest BCUT2D eigenvalue weighted by atomic mass is 10.3. The van der Waals surface area contributed by atoms with Crippen LogP contribution in [0.15, 0.2) is 16.7 Å². The van der Waals surface area contributed by atoms with E-state index in [9.17, 15) is 4.79 Å². The second-order valence-electron chi connectivity index (χ2n) is 6.83. The summed E-state index contributed by atoms with van der Waals surface area (Å²) in [4.78, 5) is 23.2. The number of nitrogens with one attached hydrogen (secondary N) is 2. The summed E-state index contributed by atoms with van der Waals surface area (Å²) < 4.78 is 10.6. The van der Waals surface area contributed by atoms with Crippen LogP contribution in [0.4, 0.5) is 11.6 Å². The third-order valence-electron chi connectivity index (χ3n) is 4.62. The molecule has 2 aliphatic rings. The van der Waals surface area contributed by atoms with E-state index in [1.54, 1.807) is 6.07 Å². The Morgan fingerprint density at radius 2 is 2.04 bits per heavy atom. The summed E-state index contributed by atoms with van der Waals surface area (Å²) >= 11 is 0. The zero-order valence-electron chi connectivity index (χ0n) is 15.4. The molecule has 0 spiro atoms. The van der Waals surface area contributed by atoms with Gasteiger partial charge in [-0.15, -0.1) is 0 Å². The minimum Gasteiger partial charge on any atom is -0.378 e. The molecule has 0 atom stereocenters. The predicted molar refractivity (Wildman–Crippen MR) is 99.1 cm³/mol. The minimum absolute atomic E-state index is 0.222. The number of carbonyl (C=O) groups is 1. The molecule has 1 amide bonds. The molecule has 2 N–H and O–H groups in total. The van der Waals surface area contributed by atoms with Gasteiger partial charge in [-0.3, -0.25) is 4.79 Å². The van der Waals surface area contributed by atoms with Gasteiger partial charge in [0, 0.05) is 44.2 Å². The molecule has 1 saturated heterocycles. The summed E-state index contributed by atoms with van der Waals surface area (Å²) in [6.07, 6.45) is 2.23. The van der Waals surface area contributed by atoms with E-state index in [4.69, 9.17) is 9.26 Å². The molecule has 3 heterocycles. The van der Waals surface area contributed by atoms with Crippen LogP contribution in [0.2, 0.25) is 0 Å². The number of aromatic nitrogens is 3. The molecule has 27 heavy (non-hydrogen) atoms. The maximum absolute atomic E-state index is 12.1. The fourth-order valence-corrected chi connectivity index (χ4v) is 3.01. The average molecular weight is 372 g/mol. The molecular formula is C18H24N6O3. The van der Waals surface area contributed by atoms with Gasteiger partial charge in [-0.1, -0.05) is 5.16 Å². The van der Waals surface area contributed by atoms with Gasteiger partial charge in [-0.2, -0.15) is 0 Å². The van der Waals surface area contributed by atoms with Crippen molar-refractivity contribution in [1.29, 1.82) is 0 Å². The Kier molecular flexibility index (Phi) is 5.19. The molecule has 0 unspecified atom stereocenters. The highest BCUT2D eigenvalue weighted by molar-refractivity contribution is 5.92. The molecule has 4 rings (SSSR count). The molecule has 2 fully saturated rings. The van der Waals surface area contributed by atoms with Crippen molar-refractivity contribution >= 4 is 17.5 Å². The fraction of sp³-hybridized carbons (Fsp3) is 0.556. The number of aryl methyl sites for hydroxylation is 1. The molecule has 0 aromatic carbocycles. The molecule has 9 heteroatoms. The number of amides is 1. The highest BCUT2D eigenvalue weighted by Gasteiger charge is 2.28. The van der Waals surface area contributed by atoms with Crippen molar-refractivity contribution < 1.29 is 14.1 Å². The first-order valence-electron chi connectivity index (χ1n) is 9.36. The van der Waals surface area contributed by atoms with Gasteiger partial charge >= 0.3 is 0 Å². The first kappa shape index (κ1) is 17.7. The van der Waals surface area contributed by atoms with Gasteiger partial charge in [0.1, 0.15) is 23.2 Å². The number of morpholine rings is 1. The van der Waals surface area contributed by atoms with E-state index >= 15 is 0 Å². The lowest BCUT2D eigenvalue weighted by molar-refractivity contribution is 0.0946. The normalized spacial score (nSPS) is 17.0. The molecule has 0 bridgehead atoms. The van der Waals surface area contributed by atoms with Gasteiger partial charge in [0.15, 0.2) is 5.69 Å². The number of rotatable bonds is 7. The number of ether oxygens (including phenoxy) is 1. The minimum atomic E-state index is -0.222. The lowest BCUT2D eigenvalue weighted by Gasteiger charge is -2.28. The maximum Gasteiger partial charge on any atom is 0.273 e. The lowest BCUT2D eigenvalue weighted by Crippen LogP contribution is -2.37. The number of nitrogens with zero attached hydrogens (tertiary/aromatic N) is 4. The first-order valence-corrected chi connectivity index (χ1v) is 9.36. The fourth-order valence-electron chi connectivity index (χ4n) is 3.01. The van der Waals surface area contributed by atoms with E-state index in [0.717, 1.165) is 43.3 Å². The molecule has 2 aromatic heterocycles. The van der Waals surface area contributed by atoms with E-state index < -0.39 is 0 Å². The van der Waals surface area contributed by atoms with Crippen molar-refractivity contribution in [2.75, 3.05) is 49.6 Å². The van der Waals surface area contributed by atoms with Gasteiger partial charge in [0.25, 0.3) is 5.91 Å². The Bertz CT molecular complexity index is 798. The summed E-state index contributed by atoms with van der Waals surface area (Å²) in [6, 6.07) is 3.67. The van der Waals surface area contributed by atoms with Crippen LogP contribution in [-0.4, -0.2) is 60.4 Å². The summed E-state index contributed by atoms with van der Waals surface area (Å²) in [5, 5.41) is 9.92. The summed E-state index contributed by atoms with van der Waals surface area (Å²) in [6.45, 7) is 5.96. The molecular weight excluding hydrogens is 348 g/mol. The van der Waals surface area contributed by atoms with Crippen LogP contribution in [0.1, 0.15) is 40.8 Å². The topological polar surface area (TPSA) is 105 Å². The van der Waals surface area contributed by atoms with Gasteiger partial charge in [-0.25, -0.2) is 9.97 Å². The second kappa shape index (κ2) is 7.91. The van der Waals surface area contributed by atoms with Crippen LogP contribution in [0.25, 0.3) is 0 Å². The van der Waals surface area contributed by atoms with E-state index in [1.165, 1.54) is 0 Å². The Morgan fingerprint density at radius 1 is 1.22 bits per heavy atom. The molecule has 1 saturated carbocycles. The van der Waals surface area contributed by atoms with Crippen molar-refractivity contribution in [1.82, 2.24) is 20.4 Å². The monoisotopic (exact) mass is 372 g/mol. The van der Waals surface area contributed by atoms with Gasteiger partial charge in [0.05, 0.1) is 13.2 Å². The van der Waals surface area contributed by atoms with E-state index in [2.05, 4.69) is 30.7 Å². The SMILES string of the molecule is Cc1nc(NCCNC(=O)c2cc(C3CC3)on2)cc(N2CCOCC2)n1. The Balaban J connectivity index is 1.26. The highest BCUT2D eigenvalue weighted by Crippen LogP contribution is 2.40. The Hall–Kier alpha value is -2.68. The average Bonchev–Trinajstić information content (AvgIpc) is 3.42. The van der Waals surface area contributed by atoms with E-state index in [-0.39, 0.29) is 5.91 Å². The molecule has 0 radical (unpaired) electrons. The van der Waals surface area contributed by atoms with Crippen molar-refractivity contribution in [2.24, 2.45) is 0 Å². The van der Waals surface area contributed by atoms with E-state index in [0.29, 0.717) is 43.7 Å².